The molecule has 2 aliphatic heterocycles. The smallest absolute Gasteiger partial charge is 0.256 e. The normalized spacial score (nSPS) is 18.5. The number of nitrogens with one attached hydrogen (secondary N) is 1. The fourth-order valence-electron chi connectivity index (χ4n) is 5.09. The van der Waals surface area contributed by atoms with Crippen LogP contribution in [0.15, 0.2) is 24.4 Å². The van der Waals surface area contributed by atoms with E-state index in [1.165, 1.54) is 0 Å². The maximum Gasteiger partial charge on any atom is 0.256 e. The van der Waals surface area contributed by atoms with Gasteiger partial charge in [0.15, 0.2) is 0 Å². The van der Waals surface area contributed by atoms with Gasteiger partial charge < -0.3 is 20.1 Å². The molecule has 1 atom stereocenters. The van der Waals surface area contributed by atoms with E-state index in [1.807, 2.05) is 19.1 Å². The minimum absolute atomic E-state index is 0.134. The predicted octanol–water partition coefficient (Wildman–Crippen LogP) is 3.08. The summed E-state index contributed by atoms with van der Waals surface area (Å²) in [6, 6.07) is 5.30. The molecular formula is C24H27N3O4. The van der Waals surface area contributed by atoms with Crippen molar-refractivity contribution in [2.24, 2.45) is 5.92 Å². The first-order chi connectivity index (χ1) is 14.8. The highest BCUT2D eigenvalue weighted by Gasteiger charge is 2.48. The minimum Gasteiger partial charge on any atom is -0.477 e. The number of hydrogen-bond acceptors (Lipinski definition) is 5. The molecule has 0 bridgehead atoms. The molecule has 31 heavy (non-hydrogen) atoms. The van der Waals surface area contributed by atoms with Crippen LogP contribution in [0.1, 0.15) is 64.1 Å². The lowest BCUT2D eigenvalue weighted by atomic mass is 9.93. The first kappa shape index (κ1) is 20.0. The van der Waals surface area contributed by atoms with Gasteiger partial charge in [-0.05, 0) is 56.7 Å². The molecular weight excluding hydrogens is 394 g/mol. The van der Waals surface area contributed by atoms with E-state index < -0.39 is 5.60 Å². The largest absolute Gasteiger partial charge is 0.477 e. The average Bonchev–Trinajstić information content (AvgIpc) is 3.30. The van der Waals surface area contributed by atoms with E-state index in [4.69, 9.17) is 4.74 Å². The summed E-state index contributed by atoms with van der Waals surface area (Å²) >= 11 is 0. The SMILES string of the molecule is Cc1cnc2c(c1C(=O)Nc1cccc3c1C(=O)N(C(C1CC1)C(C)(C)O)C3)CCO2. The Labute approximate surface area is 181 Å². The summed E-state index contributed by atoms with van der Waals surface area (Å²) < 4.78 is 5.51. The Morgan fingerprint density at radius 2 is 2.13 bits per heavy atom. The van der Waals surface area contributed by atoms with Gasteiger partial charge in [-0.25, -0.2) is 4.98 Å². The van der Waals surface area contributed by atoms with Crippen LogP contribution < -0.4 is 10.1 Å². The highest BCUT2D eigenvalue weighted by atomic mass is 16.5. The van der Waals surface area contributed by atoms with Crippen molar-refractivity contribution in [1.82, 2.24) is 9.88 Å². The number of nitrogens with zero attached hydrogens (tertiary/aromatic N) is 2. The lowest BCUT2D eigenvalue weighted by molar-refractivity contribution is -0.0224. The number of anilines is 1. The van der Waals surface area contributed by atoms with Crippen molar-refractivity contribution in [1.29, 1.82) is 0 Å². The third-order valence-electron chi connectivity index (χ3n) is 6.49. The van der Waals surface area contributed by atoms with Gasteiger partial charge >= 0.3 is 0 Å². The van der Waals surface area contributed by atoms with Gasteiger partial charge in [0.2, 0.25) is 5.88 Å². The van der Waals surface area contributed by atoms with Gasteiger partial charge in [0, 0.05) is 24.7 Å². The van der Waals surface area contributed by atoms with Crippen molar-refractivity contribution in [3.05, 3.63) is 52.2 Å². The van der Waals surface area contributed by atoms with Crippen LogP contribution in [0.4, 0.5) is 5.69 Å². The third kappa shape index (κ3) is 3.37. The van der Waals surface area contributed by atoms with Crippen molar-refractivity contribution in [3.63, 3.8) is 0 Å². The molecule has 2 amide bonds. The molecule has 1 aromatic carbocycles. The maximum absolute atomic E-state index is 13.4. The van der Waals surface area contributed by atoms with E-state index in [9.17, 15) is 14.7 Å². The van der Waals surface area contributed by atoms with Gasteiger partial charge in [-0.2, -0.15) is 0 Å². The number of ether oxygens (including phenoxy) is 1. The fraction of sp³-hybridized carbons (Fsp3) is 0.458. The minimum atomic E-state index is -0.989. The second-order valence-electron chi connectivity index (χ2n) is 9.36. The predicted molar refractivity (Wildman–Crippen MR) is 115 cm³/mol. The van der Waals surface area contributed by atoms with Crippen LogP contribution in [0.25, 0.3) is 0 Å². The number of rotatable bonds is 5. The zero-order valence-electron chi connectivity index (χ0n) is 18.1. The number of fused-ring (bicyclic) bond motifs is 2. The van der Waals surface area contributed by atoms with E-state index in [2.05, 4.69) is 10.3 Å². The molecule has 7 heteroatoms. The van der Waals surface area contributed by atoms with Crippen LogP contribution in [0.3, 0.4) is 0 Å². The first-order valence-electron chi connectivity index (χ1n) is 10.8. The number of amides is 2. The van der Waals surface area contributed by atoms with E-state index >= 15 is 0 Å². The van der Waals surface area contributed by atoms with Crippen molar-refractivity contribution in [3.8, 4) is 5.88 Å². The molecule has 2 aromatic rings. The van der Waals surface area contributed by atoms with Crippen LogP contribution in [0, 0.1) is 12.8 Å². The van der Waals surface area contributed by atoms with E-state index in [-0.39, 0.29) is 17.9 Å². The molecule has 1 unspecified atom stereocenters. The Bertz CT molecular complexity index is 1080. The van der Waals surface area contributed by atoms with Gasteiger partial charge in [0.1, 0.15) is 0 Å². The summed E-state index contributed by atoms with van der Waals surface area (Å²) in [6.07, 6.45) is 4.33. The summed E-state index contributed by atoms with van der Waals surface area (Å²) in [5.41, 5.74) is 3.06. The van der Waals surface area contributed by atoms with Gasteiger partial charge in [-0.15, -0.1) is 0 Å². The number of carbonyl (C=O) groups excluding carboxylic acids is 2. The highest BCUT2D eigenvalue weighted by molar-refractivity contribution is 6.11. The molecule has 0 saturated heterocycles. The van der Waals surface area contributed by atoms with Crippen LogP contribution in [0.2, 0.25) is 0 Å². The Morgan fingerprint density at radius 1 is 1.35 bits per heavy atom. The molecule has 162 valence electrons. The third-order valence-corrected chi connectivity index (χ3v) is 6.49. The standard InChI is InChI=1S/C24H27N3O4/c1-13-11-25-22-16(9-10-31-22)18(13)21(28)26-17-6-4-5-15-12-27(23(29)19(15)17)20(14-7-8-14)24(2,3)30/h4-6,11,14,20,30H,7-10,12H2,1-3H3,(H,26,28). The van der Waals surface area contributed by atoms with Crippen molar-refractivity contribution >= 4 is 17.5 Å². The van der Waals surface area contributed by atoms with Crippen molar-refractivity contribution < 1.29 is 19.4 Å². The number of aryl methyl sites for hydroxylation is 1. The topological polar surface area (TPSA) is 91.8 Å². The van der Waals surface area contributed by atoms with E-state index in [0.29, 0.717) is 48.2 Å². The van der Waals surface area contributed by atoms with E-state index in [0.717, 1.165) is 29.5 Å². The highest BCUT2D eigenvalue weighted by Crippen LogP contribution is 2.43. The maximum atomic E-state index is 13.4. The molecule has 3 heterocycles. The molecule has 7 nitrogen and oxygen atoms in total. The number of pyridine rings is 1. The number of hydrogen-bond donors (Lipinski definition) is 2. The Morgan fingerprint density at radius 3 is 2.84 bits per heavy atom. The molecule has 1 saturated carbocycles. The first-order valence-corrected chi connectivity index (χ1v) is 10.8. The van der Waals surface area contributed by atoms with Gasteiger partial charge in [-0.3, -0.25) is 9.59 Å². The van der Waals surface area contributed by atoms with Gasteiger partial charge in [-0.1, -0.05) is 12.1 Å². The molecule has 1 aliphatic carbocycles. The van der Waals surface area contributed by atoms with Gasteiger partial charge in [0.05, 0.1) is 35.1 Å². The summed E-state index contributed by atoms with van der Waals surface area (Å²) in [4.78, 5) is 32.7. The number of aliphatic hydroxyl groups is 1. The monoisotopic (exact) mass is 421 g/mol. The zero-order valence-corrected chi connectivity index (χ0v) is 18.1. The summed E-state index contributed by atoms with van der Waals surface area (Å²) in [5, 5.41) is 13.7. The Kier molecular flexibility index (Phi) is 4.55. The molecule has 1 aromatic heterocycles. The van der Waals surface area contributed by atoms with Crippen LogP contribution in [-0.2, 0) is 13.0 Å². The number of benzene rings is 1. The molecule has 2 N–H and O–H groups in total. The quantitative estimate of drug-likeness (QED) is 0.774. The average molecular weight is 421 g/mol. The second-order valence-corrected chi connectivity index (χ2v) is 9.36. The van der Waals surface area contributed by atoms with Gasteiger partial charge in [0.25, 0.3) is 11.8 Å². The molecule has 0 spiro atoms. The van der Waals surface area contributed by atoms with Crippen molar-refractivity contribution in [2.45, 2.75) is 58.2 Å². The lowest BCUT2D eigenvalue weighted by Crippen LogP contribution is -2.51. The van der Waals surface area contributed by atoms with Crippen LogP contribution in [0.5, 0.6) is 5.88 Å². The molecule has 5 rings (SSSR count). The van der Waals surface area contributed by atoms with Crippen LogP contribution >= 0.6 is 0 Å². The number of aromatic nitrogens is 1. The summed E-state index contributed by atoms with van der Waals surface area (Å²) in [5.74, 6) is 0.430. The molecule has 3 aliphatic rings. The van der Waals surface area contributed by atoms with E-state index in [1.54, 1.807) is 31.0 Å². The Hall–Kier alpha value is -2.93. The second kappa shape index (κ2) is 7.05. The molecule has 1 fully saturated rings. The van der Waals surface area contributed by atoms with Crippen LogP contribution in [-0.4, -0.2) is 45.1 Å². The fourth-order valence-corrected chi connectivity index (χ4v) is 5.09. The lowest BCUT2D eigenvalue weighted by Gasteiger charge is -2.37. The molecule has 0 radical (unpaired) electrons. The Balaban J connectivity index is 1.46. The van der Waals surface area contributed by atoms with Crippen molar-refractivity contribution in [2.75, 3.05) is 11.9 Å². The summed E-state index contributed by atoms with van der Waals surface area (Å²) in [6.45, 7) is 6.35. The number of carbonyl (C=O) groups is 2. The summed E-state index contributed by atoms with van der Waals surface area (Å²) in [7, 11) is 0. The zero-order chi connectivity index (χ0) is 21.9.